The lowest BCUT2D eigenvalue weighted by atomic mass is 10.0. The number of thioether (sulfide) groups is 1. The number of benzene rings is 1. The van der Waals surface area contributed by atoms with Crippen molar-refractivity contribution in [2.75, 3.05) is 12.9 Å². The van der Waals surface area contributed by atoms with Gasteiger partial charge in [-0.3, -0.25) is 19.0 Å². The quantitative estimate of drug-likeness (QED) is 0.419. The fourth-order valence-electron chi connectivity index (χ4n) is 3.06. The second-order valence-corrected chi connectivity index (χ2v) is 8.59. The molecule has 3 N–H and O–H groups in total. The van der Waals surface area contributed by atoms with E-state index in [1.165, 1.54) is 43.1 Å². The van der Waals surface area contributed by atoms with Gasteiger partial charge >= 0.3 is 5.97 Å². The molecule has 1 unspecified atom stereocenters. The molecule has 150 valence electrons. The van der Waals surface area contributed by atoms with Crippen LogP contribution in [-0.2, 0) is 29.2 Å². The van der Waals surface area contributed by atoms with Gasteiger partial charge in [-0.25, -0.2) is 4.79 Å². The standard InChI is InChI=1S/C16H16N2O8S2/c1-26-9-7-27-15-10(14(20)18(15)11(9)16(21)22)17-13(19)12(28(23,24)25)8-5-3-2-4-6-8/h2-6,10,12,15H,7H2,1H3,(H,17,19)(H,21,22)(H,23,24,25)/t10-,12?,15+/m1/s1. The van der Waals surface area contributed by atoms with Crippen LogP contribution in [-0.4, -0.2) is 65.0 Å². The molecule has 0 radical (unpaired) electrons. The first-order chi connectivity index (χ1) is 13.2. The molecule has 2 aliphatic heterocycles. The largest absolute Gasteiger partial charge is 0.498 e. The first kappa shape index (κ1) is 20.2. The normalized spacial score (nSPS) is 22.8. The summed E-state index contributed by atoms with van der Waals surface area (Å²) in [5, 5.41) is 9.03. The van der Waals surface area contributed by atoms with E-state index in [0.717, 1.165) is 4.90 Å². The topological polar surface area (TPSA) is 150 Å². The van der Waals surface area contributed by atoms with Gasteiger partial charge in [0.1, 0.15) is 17.2 Å². The van der Waals surface area contributed by atoms with Crippen molar-refractivity contribution in [1.29, 1.82) is 0 Å². The molecule has 2 aliphatic rings. The molecular formula is C16H16N2O8S2. The third-order valence-electron chi connectivity index (χ3n) is 4.32. The van der Waals surface area contributed by atoms with Gasteiger partial charge in [0.25, 0.3) is 16.0 Å². The number of aliphatic carboxylic acids is 1. The van der Waals surface area contributed by atoms with E-state index in [0.29, 0.717) is 0 Å². The summed E-state index contributed by atoms with van der Waals surface area (Å²) in [4.78, 5) is 37.5. The van der Waals surface area contributed by atoms with Gasteiger partial charge in [-0.15, -0.1) is 11.8 Å². The van der Waals surface area contributed by atoms with Gasteiger partial charge in [0.2, 0.25) is 5.91 Å². The van der Waals surface area contributed by atoms with Gasteiger partial charge in [-0.2, -0.15) is 8.42 Å². The number of nitrogens with one attached hydrogen (secondary N) is 1. The van der Waals surface area contributed by atoms with Crippen LogP contribution in [0.15, 0.2) is 41.8 Å². The maximum atomic E-state index is 12.6. The van der Waals surface area contributed by atoms with E-state index in [4.69, 9.17) is 4.74 Å². The number of hydrogen-bond acceptors (Lipinski definition) is 7. The molecule has 2 amide bonds. The summed E-state index contributed by atoms with van der Waals surface area (Å²) in [6.07, 6.45) is 0. The summed E-state index contributed by atoms with van der Waals surface area (Å²) in [6.45, 7) is 0. The number of amides is 2. The minimum absolute atomic E-state index is 0.0372. The Bertz CT molecular complexity index is 960. The summed E-state index contributed by atoms with van der Waals surface area (Å²) in [7, 11) is -3.51. The monoisotopic (exact) mass is 428 g/mol. The lowest BCUT2D eigenvalue weighted by molar-refractivity contribution is -0.151. The van der Waals surface area contributed by atoms with E-state index in [-0.39, 0.29) is 22.8 Å². The molecule has 12 heteroatoms. The van der Waals surface area contributed by atoms with E-state index in [1.807, 2.05) is 0 Å². The van der Waals surface area contributed by atoms with Crippen LogP contribution in [0.25, 0.3) is 0 Å². The number of carbonyl (C=O) groups excluding carboxylic acids is 2. The zero-order chi connectivity index (χ0) is 20.6. The summed E-state index contributed by atoms with van der Waals surface area (Å²) < 4.78 is 38.0. The Hall–Kier alpha value is -2.57. The molecule has 1 aromatic carbocycles. The van der Waals surface area contributed by atoms with Crippen LogP contribution in [0, 0.1) is 0 Å². The van der Waals surface area contributed by atoms with Crippen LogP contribution >= 0.6 is 11.8 Å². The fourth-order valence-corrected chi connectivity index (χ4v) is 5.21. The van der Waals surface area contributed by atoms with Gasteiger partial charge in [-0.1, -0.05) is 30.3 Å². The number of carboxylic acids is 1. The summed E-state index contributed by atoms with van der Waals surface area (Å²) in [6, 6.07) is 6.21. The minimum atomic E-state index is -4.80. The third-order valence-corrected chi connectivity index (χ3v) is 6.65. The zero-order valence-electron chi connectivity index (χ0n) is 14.4. The van der Waals surface area contributed by atoms with E-state index in [9.17, 15) is 32.5 Å². The van der Waals surface area contributed by atoms with Gasteiger partial charge in [-0.05, 0) is 5.56 Å². The minimum Gasteiger partial charge on any atom is -0.498 e. The van der Waals surface area contributed by atoms with Crippen LogP contribution < -0.4 is 5.32 Å². The van der Waals surface area contributed by atoms with Gasteiger partial charge in [0.05, 0.1) is 12.9 Å². The smallest absolute Gasteiger partial charge is 0.356 e. The Morgan fingerprint density at radius 1 is 1.32 bits per heavy atom. The van der Waals surface area contributed by atoms with Crippen LogP contribution in [0.3, 0.4) is 0 Å². The first-order valence-electron chi connectivity index (χ1n) is 7.93. The predicted octanol–water partition coefficient (Wildman–Crippen LogP) is -0.0420. The predicted molar refractivity (Wildman–Crippen MR) is 97.4 cm³/mol. The number of carboxylic acid groups (broad SMARTS) is 1. The van der Waals surface area contributed by atoms with Crippen molar-refractivity contribution in [2.24, 2.45) is 0 Å². The van der Waals surface area contributed by atoms with Crippen LogP contribution in [0.2, 0.25) is 0 Å². The molecule has 1 saturated heterocycles. The fraction of sp³-hybridized carbons (Fsp3) is 0.312. The Labute approximate surface area is 164 Å². The molecule has 0 bridgehead atoms. The molecule has 1 aromatic rings. The molecule has 0 saturated carbocycles. The van der Waals surface area contributed by atoms with E-state index in [1.54, 1.807) is 6.07 Å². The Kier molecular flexibility index (Phi) is 5.37. The van der Waals surface area contributed by atoms with Gasteiger partial charge < -0.3 is 15.2 Å². The number of methoxy groups -OCH3 is 1. The summed E-state index contributed by atoms with van der Waals surface area (Å²) in [5.74, 6) is -2.85. The Morgan fingerprint density at radius 2 is 1.96 bits per heavy atom. The second kappa shape index (κ2) is 7.45. The maximum absolute atomic E-state index is 12.6. The molecule has 28 heavy (non-hydrogen) atoms. The zero-order valence-corrected chi connectivity index (χ0v) is 16.1. The SMILES string of the molecule is COC1=C(C(=O)O)N2C(=O)[C@@H](NC(=O)C(c3ccccc3)S(=O)(=O)O)[C@@H]2SC1. The highest BCUT2D eigenvalue weighted by molar-refractivity contribution is 8.00. The Morgan fingerprint density at radius 3 is 2.50 bits per heavy atom. The highest BCUT2D eigenvalue weighted by atomic mass is 32.2. The van der Waals surface area contributed by atoms with Crippen molar-refractivity contribution in [1.82, 2.24) is 10.2 Å². The highest BCUT2D eigenvalue weighted by Gasteiger charge is 2.55. The van der Waals surface area contributed by atoms with Gasteiger partial charge in [0.15, 0.2) is 10.9 Å². The molecule has 0 aromatic heterocycles. The van der Waals surface area contributed by atoms with Crippen molar-refractivity contribution < 1.29 is 37.2 Å². The molecule has 0 spiro atoms. The number of fused-ring (bicyclic) bond motifs is 1. The highest BCUT2D eigenvalue weighted by Crippen LogP contribution is 2.40. The maximum Gasteiger partial charge on any atom is 0.356 e. The molecular weight excluding hydrogens is 412 g/mol. The number of ether oxygens (including phenoxy) is 1. The molecule has 0 aliphatic carbocycles. The van der Waals surface area contributed by atoms with Crippen molar-refractivity contribution in [3.63, 3.8) is 0 Å². The molecule has 3 rings (SSSR count). The average Bonchev–Trinajstić information content (AvgIpc) is 2.64. The lowest BCUT2D eigenvalue weighted by Gasteiger charge is -2.49. The average molecular weight is 428 g/mol. The summed E-state index contributed by atoms with van der Waals surface area (Å²) >= 11 is 1.17. The van der Waals surface area contributed by atoms with E-state index in [2.05, 4.69) is 5.32 Å². The number of hydrogen-bond donors (Lipinski definition) is 3. The van der Waals surface area contributed by atoms with Gasteiger partial charge in [0, 0.05) is 0 Å². The van der Waals surface area contributed by atoms with Crippen molar-refractivity contribution >= 4 is 39.7 Å². The molecule has 1 fully saturated rings. The molecule has 3 atom stereocenters. The van der Waals surface area contributed by atoms with Crippen LogP contribution in [0.4, 0.5) is 0 Å². The number of carbonyl (C=O) groups is 3. The van der Waals surface area contributed by atoms with Crippen LogP contribution in [0.5, 0.6) is 0 Å². The number of nitrogens with zero attached hydrogens (tertiary/aromatic N) is 1. The van der Waals surface area contributed by atoms with E-state index < -0.39 is 44.6 Å². The number of rotatable bonds is 6. The first-order valence-corrected chi connectivity index (χ1v) is 10.5. The van der Waals surface area contributed by atoms with E-state index >= 15 is 0 Å². The lowest BCUT2D eigenvalue weighted by Crippen LogP contribution is -2.71. The third kappa shape index (κ3) is 3.45. The summed E-state index contributed by atoms with van der Waals surface area (Å²) in [5.41, 5.74) is -0.272. The molecule has 2 heterocycles. The molecule has 10 nitrogen and oxygen atoms in total. The Balaban J connectivity index is 1.83. The van der Waals surface area contributed by atoms with Crippen molar-refractivity contribution in [3.8, 4) is 0 Å². The number of β-lactam (4-membered cyclic amide) rings is 1. The van der Waals surface area contributed by atoms with Crippen LogP contribution in [0.1, 0.15) is 10.8 Å². The van der Waals surface area contributed by atoms with Crippen molar-refractivity contribution in [3.05, 3.63) is 47.4 Å². The van der Waals surface area contributed by atoms with Crippen molar-refractivity contribution in [2.45, 2.75) is 16.7 Å². The second-order valence-electron chi connectivity index (χ2n) is 5.98.